The largest absolute Gasteiger partial charge is 2.00 e. The third-order valence-electron chi connectivity index (χ3n) is 13.3. The average molecular weight is 928 g/mol. The molecule has 310 valence electrons. The minimum absolute atomic E-state index is 0. The number of halogens is 2. The van der Waals surface area contributed by atoms with E-state index < -0.39 is 0 Å². The van der Waals surface area contributed by atoms with Crippen molar-refractivity contribution in [3.05, 3.63) is 56.6 Å². The van der Waals surface area contributed by atoms with Crippen molar-refractivity contribution in [3.8, 4) is 0 Å². The molecule has 54 heavy (non-hydrogen) atoms. The van der Waals surface area contributed by atoms with Crippen LogP contribution in [0.5, 0.6) is 0 Å². The standard InChI is InChI=1S/2C14H28PSi.2C9H13.2ClH.2Cr/c2*1-16(2)15(13-9-5-3-6-10-13)14-11-7-4-8-12-14;2*1-6-5-7(2)9(4)8(6)3;;;;/h2*13-14H,3-12H2,1-2H3;2*5H,1-4H3;2*1H;;/q;;2*-1;;;2*+2/p-2. The quantitative estimate of drug-likeness (QED) is 0.154. The molecule has 0 aliphatic heterocycles. The Labute approximate surface area is 377 Å². The summed E-state index contributed by atoms with van der Waals surface area (Å²) >= 11 is 0. The third kappa shape index (κ3) is 18.5. The molecule has 0 amide bonds. The van der Waals surface area contributed by atoms with Crippen molar-refractivity contribution in [3.63, 3.8) is 0 Å². The van der Waals surface area contributed by atoms with E-state index in [1.807, 2.05) is 0 Å². The summed E-state index contributed by atoms with van der Waals surface area (Å²) in [6, 6.07) is 4.48. The second kappa shape index (κ2) is 30.6. The summed E-state index contributed by atoms with van der Waals surface area (Å²) in [7, 11) is 0.880. The first-order chi connectivity index (χ1) is 23.8. The van der Waals surface area contributed by atoms with Crippen LogP contribution in [0.4, 0.5) is 0 Å². The first kappa shape index (κ1) is 57.7. The normalized spacial score (nSPS) is 18.5. The first-order valence-electron chi connectivity index (χ1n) is 21.4. The van der Waals surface area contributed by atoms with Crippen LogP contribution in [-0.4, -0.2) is 39.6 Å². The van der Waals surface area contributed by atoms with Crippen molar-refractivity contribution >= 4 is 31.9 Å². The molecule has 8 heteroatoms. The fourth-order valence-corrected chi connectivity index (χ4v) is 29.4. The van der Waals surface area contributed by atoms with Gasteiger partial charge in [-0.25, -0.2) is 0 Å². The molecular weight excluding hydrogens is 846 g/mol. The molecular formula is C46H82Cl2Cr2P2Si2. The molecule has 0 bridgehead atoms. The SMILES string of the molecule is C[Si](C)P(C1CCCCC1)C1CCCCC1.C[Si](C)P(C1CCCCC1)C1CCCCC1.Cc1[cH-]c(C)c(C)c1C.Cc1[cH-]c(C)c(C)c1C.[Cl-].[Cl-].[Cr+2].[Cr+2]. The Balaban J connectivity index is 0. The third-order valence-corrected chi connectivity index (χ3v) is 31.1. The second-order valence-corrected chi connectivity index (χ2v) is 34.2. The van der Waals surface area contributed by atoms with Crippen molar-refractivity contribution in [1.29, 1.82) is 0 Å². The van der Waals surface area contributed by atoms with E-state index in [0.717, 1.165) is 0 Å². The zero-order chi connectivity index (χ0) is 36.8. The Morgan fingerprint density at radius 2 is 0.519 bits per heavy atom. The van der Waals surface area contributed by atoms with E-state index in [4.69, 9.17) is 0 Å². The minimum Gasteiger partial charge on any atom is -1.00 e. The van der Waals surface area contributed by atoms with Gasteiger partial charge < -0.3 is 24.8 Å². The molecule has 0 aromatic heterocycles. The van der Waals surface area contributed by atoms with Crippen LogP contribution in [0.25, 0.3) is 0 Å². The Morgan fingerprint density at radius 1 is 0.352 bits per heavy atom. The van der Waals surface area contributed by atoms with E-state index in [1.165, 1.54) is 92.8 Å². The summed E-state index contributed by atoms with van der Waals surface area (Å²) in [5, 5.41) is 0. The summed E-state index contributed by atoms with van der Waals surface area (Å²) in [6.07, 6.45) is 31.2. The van der Waals surface area contributed by atoms with Gasteiger partial charge in [-0.15, -0.1) is 14.9 Å². The molecule has 0 atom stereocenters. The van der Waals surface area contributed by atoms with E-state index in [9.17, 15) is 0 Å². The van der Waals surface area contributed by atoms with Gasteiger partial charge in [0.15, 0.2) is 0 Å². The second-order valence-electron chi connectivity index (χ2n) is 17.4. The zero-order valence-electron chi connectivity index (χ0n) is 37.1. The van der Waals surface area contributed by atoms with Gasteiger partial charge in [0, 0.05) is 0 Å². The van der Waals surface area contributed by atoms with Crippen molar-refractivity contribution < 1.29 is 59.5 Å². The molecule has 2 aromatic rings. The summed E-state index contributed by atoms with van der Waals surface area (Å²) < 4.78 is 0. The van der Waals surface area contributed by atoms with Crippen LogP contribution in [0, 0.1) is 55.4 Å². The molecule has 0 nitrogen and oxygen atoms in total. The van der Waals surface area contributed by atoms with Crippen LogP contribution in [-0.2, 0) is 34.7 Å². The molecule has 2 radical (unpaired) electrons. The Bertz CT molecular complexity index is 1050. The summed E-state index contributed by atoms with van der Waals surface area (Å²) in [6.45, 7) is 27.8. The van der Waals surface area contributed by atoms with E-state index in [1.54, 1.807) is 103 Å². The Morgan fingerprint density at radius 3 is 0.630 bits per heavy atom. The number of hydrogen-bond acceptors (Lipinski definition) is 0. The number of aryl methyl sites for hydroxylation is 4. The fraction of sp³-hybridized carbons (Fsp3) is 0.783. The molecule has 0 spiro atoms. The van der Waals surface area contributed by atoms with Gasteiger partial charge in [-0.1, -0.05) is 159 Å². The van der Waals surface area contributed by atoms with Gasteiger partial charge in [-0.05, 0) is 74.0 Å². The maximum Gasteiger partial charge on any atom is 2.00 e. The molecule has 6 rings (SSSR count). The van der Waals surface area contributed by atoms with Gasteiger partial charge >= 0.3 is 34.7 Å². The number of rotatable bonds is 6. The molecule has 4 aliphatic rings. The monoisotopic (exact) mass is 926 g/mol. The molecule has 2 aromatic carbocycles. The molecule has 0 saturated heterocycles. The van der Waals surface area contributed by atoms with Gasteiger partial charge in [-0.3, -0.25) is 0 Å². The minimum atomic E-state index is -0.00595. The maximum atomic E-state index is 2.61. The van der Waals surface area contributed by atoms with Gasteiger partial charge in [-0.2, -0.15) is 56.6 Å². The van der Waals surface area contributed by atoms with Crippen molar-refractivity contribution in [2.45, 2.75) is 233 Å². The van der Waals surface area contributed by atoms with Gasteiger partial charge in [0.25, 0.3) is 0 Å². The van der Waals surface area contributed by atoms with E-state index in [2.05, 4.69) is 93.7 Å². The summed E-state index contributed by atoms with van der Waals surface area (Å²) in [5.41, 5.74) is 16.3. The molecule has 0 N–H and O–H groups in total. The van der Waals surface area contributed by atoms with Crippen LogP contribution >= 0.6 is 14.9 Å². The van der Waals surface area contributed by atoms with Gasteiger partial charge in [0.2, 0.25) is 0 Å². The van der Waals surface area contributed by atoms with Crippen LogP contribution in [0.15, 0.2) is 12.1 Å². The Hall–Kier alpha value is 1.64. The molecule has 4 saturated carbocycles. The van der Waals surface area contributed by atoms with Crippen LogP contribution in [0.2, 0.25) is 26.2 Å². The summed E-state index contributed by atoms with van der Waals surface area (Å²) in [4.78, 5) is 0. The predicted octanol–water partition coefficient (Wildman–Crippen LogP) is 10.1. The molecule has 0 unspecified atom stereocenters. The molecule has 4 aliphatic carbocycles. The smallest absolute Gasteiger partial charge is 1.00 e. The Kier molecular flexibility index (Phi) is 32.7. The van der Waals surface area contributed by atoms with Gasteiger partial charge in [0.1, 0.15) is 0 Å². The van der Waals surface area contributed by atoms with Crippen LogP contribution < -0.4 is 24.8 Å². The van der Waals surface area contributed by atoms with Crippen molar-refractivity contribution in [2.75, 3.05) is 0 Å². The van der Waals surface area contributed by atoms with Crippen molar-refractivity contribution in [2.24, 2.45) is 0 Å². The number of hydrogen-bond donors (Lipinski definition) is 0. The average Bonchev–Trinajstić information content (AvgIpc) is 3.48. The molecule has 0 heterocycles. The maximum absolute atomic E-state index is 2.61. The fourth-order valence-electron chi connectivity index (χ4n) is 9.76. The van der Waals surface area contributed by atoms with E-state index in [-0.39, 0.29) is 76.5 Å². The van der Waals surface area contributed by atoms with E-state index in [0.29, 0.717) is 14.9 Å². The van der Waals surface area contributed by atoms with Crippen LogP contribution in [0.1, 0.15) is 173 Å². The van der Waals surface area contributed by atoms with E-state index >= 15 is 0 Å². The molecule has 4 fully saturated rings. The topological polar surface area (TPSA) is 0 Å². The van der Waals surface area contributed by atoms with Crippen molar-refractivity contribution in [1.82, 2.24) is 0 Å². The first-order valence-corrected chi connectivity index (χ1v) is 31.0. The predicted molar refractivity (Wildman–Crippen MR) is 238 cm³/mol. The van der Waals surface area contributed by atoms with Crippen LogP contribution in [0.3, 0.4) is 0 Å². The van der Waals surface area contributed by atoms with Gasteiger partial charge in [0.05, 0.1) is 16.9 Å². The zero-order valence-corrected chi connectivity index (χ0v) is 44.9. The summed E-state index contributed by atoms with van der Waals surface area (Å²) in [5.74, 6) is 0.